The van der Waals surface area contributed by atoms with Gasteiger partial charge in [0.1, 0.15) is 0 Å². The van der Waals surface area contributed by atoms with Gasteiger partial charge < -0.3 is 5.32 Å². The van der Waals surface area contributed by atoms with Crippen molar-refractivity contribution in [2.45, 2.75) is 25.9 Å². The van der Waals surface area contributed by atoms with E-state index in [9.17, 15) is 0 Å². The molecule has 76 valence electrons. The van der Waals surface area contributed by atoms with Crippen molar-refractivity contribution in [1.29, 1.82) is 0 Å². The van der Waals surface area contributed by atoms with Crippen LogP contribution in [0.25, 0.3) is 0 Å². The number of rotatable bonds is 4. The number of halogens is 1. The largest absolute Gasteiger partial charge is 0.304 e. The minimum atomic E-state index is 0.331. The summed E-state index contributed by atoms with van der Waals surface area (Å²) in [6.45, 7) is 8.01. The molecule has 1 N–H and O–H groups in total. The van der Waals surface area contributed by atoms with Crippen molar-refractivity contribution in [2.75, 3.05) is 0 Å². The Morgan fingerprint density at radius 2 is 2.00 bits per heavy atom. The molecule has 0 saturated carbocycles. The Kier molecular flexibility index (Phi) is 4.36. The first-order chi connectivity index (χ1) is 6.65. The average molecular weight is 254 g/mol. The van der Waals surface area contributed by atoms with Crippen LogP contribution in [0.5, 0.6) is 0 Å². The van der Waals surface area contributed by atoms with E-state index in [1.54, 1.807) is 0 Å². The van der Waals surface area contributed by atoms with Crippen molar-refractivity contribution in [2.24, 2.45) is 0 Å². The van der Waals surface area contributed by atoms with E-state index in [0.717, 1.165) is 4.47 Å². The molecule has 0 spiro atoms. The van der Waals surface area contributed by atoms with Gasteiger partial charge in [-0.2, -0.15) is 0 Å². The quantitative estimate of drug-likeness (QED) is 0.808. The lowest BCUT2D eigenvalue weighted by atomic mass is 10.1. The van der Waals surface area contributed by atoms with Crippen LogP contribution in [0.2, 0.25) is 0 Å². The minimum Gasteiger partial charge on any atom is -0.304 e. The molecular formula is C12H16BrN. The average Bonchev–Trinajstić information content (AvgIpc) is 2.18. The molecule has 0 aliphatic carbocycles. The number of hydrogen-bond acceptors (Lipinski definition) is 1. The van der Waals surface area contributed by atoms with Crippen LogP contribution in [-0.2, 0) is 0 Å². The van der Waals surface area contributed by atoms with Crippen LogP contribution in [0.1, 0.15) is 25.5 Å². The highest BCUT2D eigenvalue weighted by Gasteiger charge is 2.09. The van der Waals surface area contributed by atoms with Gasteiger partial charge in [-0.1, -0.05) is 40.2 Å². The molecule has 1 nitrogen and oxygen atoms in total. The third kappa shape index (κ3) is 2.96. The lowest BCUT2D eigenvalue weighted by Gasteiger charge is -2.18. The van der Waals surface area contributed by atoms with Crippen molar-refractivity contribution >= 4 is 15.9 Å². The second-order valence-corrected chi connectivity index (χ2v) is 4.29. The maximum absolute atomic E-state index is 3.76. The molecule has 0 aliphatic rings. The van der Waals surface area contributed by atoms with Gasteiger partial charge in [0.05, 0.1) is 0 Å². The first kappa shape index (κ1) is 11.5. The van der Waals surface area contributed by atoms with Gasteiger partial charge >= 0.3 is 0 Å². The molecule has 0 saturated heterocycles. The molecule has 0 amide bonds. The van der Waals surface area contributed by atoms with Gasteiger partial charge in [-0.3, -0.25) is 0 Å². The number of benzene rings is 1. The van der Waals surface area contributed by atoms with Gasteiger partial charge in [-0.25, -0.2) is 0 Å². The van der Waals surface area contributed by atoms with Gasteiger partial charge in [-0.15, -0.1) is 6.58 Å². The predicted molar refractivity (Wildman–Crippen MR) is 65.4 cm³/mol. The minimum absolute atomic E-state index is 0.331. The second kappa shape index (κ2) is 5.32. The van der Waals surface area contributed by atoms with Gasteiger partial charge in [-0.05, 0) is 25.5 Å². The van der Waals surface area contributed by atoms with Crippen LogP contribution >= 0.6 is 15.9 Å². The lowest BCUT2D eigenvalue weighted by molar-refractivity contribution is 0.535. The highest BCUT2D eigenvalue weighted by Crippen LogP contribution is 2.22. The molecule has 1 aromatic carbocycles. The first-order valence-corrected chi connectivity index (χ1v) is 5.57. The lowest BCUT2D eigenvalue weighted by Crippen LogP contribution is -2.27. The summed E-state index contributed by atoms with van der Waals surface area (Å²) in [5, 5.41) is 3.44. The van der Waals surface area contributed by atoms with E-state index < -0.39 is 0 Å². The topological polar surface area (TPSA) is 12.0 Å². The molecule has 0 aliphatic heterocycles. The molecule has 0 heterocycles. The fourth-order valence-corrected chi connectivity index (χ4v) is 2.01. The van der Waals surface area contributed by atoms with E-state index in [2.05, 4.69) is 59.9 Å². The van der Waals surface area contributed by atoms with Crippen LogP contribution in [-0.4, -0.2) is 6.04 Å². The van der Waals surface area contributed by atoms with E-state index in [1.165, 1.54) is 5.56 Å². The molecule has 0 aromatic heterocycles. The van der Waals surface area contributed by atoms with Gasteiger partial charge in [0.25, 0.3) is 0 Å². The summed E-state index contributed by atoms with van der Waals surface area (Å²) in [6, 6.07) is 8.92. The van der Waals surface area contributed by atoms with E-state index in [-0.39, 0.29) is 0 Å². The number of nitrogens with one attached hydrogen (secondary N) is 1. The third-order valence-electron chi connectivity index (χ3n) is 2.24. The molecule has 0 fully saturated rings. The van der Waals surface area contributed by atoms with Crippen LogP contribution in [0.3, 0.4) is 0 Å². The van der Waals surface area contributed by atoms with E-state index in [0.29, 0.717) is 12.1 Å². The Labute approximate surface area is 94.3 Å². The standard InChI is InChI=1S/C12H16BrN/c1-4-9(2)14-10(3)11-7-5-6-8-12(11)13/h4-10,14H,1H2,2-3H3/t9?,10-/m1/s1. The van der Waals surface area contributed by atoms with Gasteiger partial charge in [0.15, 0.2) is 0 Å². The molecule has 0 radical (unpaired) electrons. The summed E-state index contributed by atoms with van der Waals surface area (Å²) in [6.07, 6.45) is 1.91. The zero-order valence-corrected chi connectivity index (χ0v) is 10.2. The highest BCUT2D eigenvalue weighted by molar-refractivity contribution is 9.10. The van der Waals surface area contributed by atoms with Crippen molar-refractivity contribution in [3.63, 3.8) is 0 Å². The molecule has 2 heteroatoms. The van der Waals surface area contributed by atoms with Crippen LogP contribution in [0, 0.1) is 0 Å². The van der Waals surface area contributed by atoms with Crippen LogP contribution in [0.15, 0.2) is 41.4 Å². The van der Waals surface area contributed by atoms with Gasteiger partial charge in [0.2, 0.25) is 0 Å². The smallest absolute Gasteiger partial charge is 0.0308 e. The van der Waals surface area contributed by atoms with Crippen molar-refractivity contribution in [1.82, 2.24) is 5.32 Å². The molecule has 1 unspecified atom stereocenters. The summed E-state index contributed by atoms with van der Waals surface area (Å²) >= 11 is 3.54. The van der Waals surface area contributed by atoms with Crippen LogP contribution in [0.4, 0.5) is 0 Å². The summed E-state index contributed by atoms with van der Waals surface area (Å²) < 4.78 is 1.15. The Bertz CT molecular complexity index is 309. The normalized spacial score (nSPS) is 14.8. The first-order valence-electron chi connectivity index (χ1n) is 4.78. The molecule has 14 heavy (non-hydrogen) atoms. The monoisotopic (exact) mass is 253 g/mol. The summed E-state index contributed by atoms with van der Waals surface area (Å²) in [5.41, 5.74) is 1.28. The van der Waals surface area contributed by atoms with Crippen molar-refractivity contribution < 1.29 is 0 Å². The maximum Gasteiger partial charge on any atom is 0.0308 e. The Morgan fingerprint density at radius 3 is 2.57 bits per heavy atom. The summed E-state index contributed by atoms with van der Waals surface area (Å²) in [4.78, 5) is 0. The molecule has 1 aromatic rings. The molecule has 0 bridgehead atoms. The summed E-state index contributed by atoms with van der Waals surface area (Å²) in [7, 11) is 0. The van der Waals surface area contributed by atoms with Gasteiger partial charge in [0, 0.05) is 16.6 Å². The second-order valence-electron chi connectivity index (χ2n) is 3.43. The zero-order valence-electron chi connectivity index (χ0n) is 8.63. The van der Waals surface area contributed by atoms with E-state index in [4.69, 9.17) is 0 Å². The summed E-state index contributed by atoms with van der Waals surface area (Å²) in [5.74, 6) is 0. The molecule has 2 atom stereocenters. The maximum atomic E-state index is 3.76. The van der Waals surface area contributed by atoms with Crippen molar-refractivity contribution in [3.8, 4) is 0 Å². The Hall–Kier alpha value is -0.600. The molecule has 1 rings (SSSR count). The predicted octanol–water partition coefficient (Wildman–Crippen LogP) is 3.67. The third-order valence-corrected chi connectivity index (χ3v) is 2.96. The SMILES string of the molecule is C=CC(C)N[C@H](C)c1ccccc1Br. The zero-order chi connectivity index (χ0) is 10.6. The Balaban J connectivity index is 2.74. The fraction of sp³-hybridized carbons (Fsp3) is 0.333. The Morgan fingerprint density at radius 1 is 1.36 bits per heavy atom. The van der Waals surface area contributed by atoms with Crippen LogP contribution < -0.4 is 5.32 Å². The number of hydrogen-bond donors (Lipinski definition) is 1. The van der Waals surface area contributed by atoms with E-state index >= 15 is 0 Å². The van der Waals surface area contributed by atoms with Crippen molar-refractivity contribution in [3.05, 3.63) is 47.0 Å². The molecular weight excluding hydrogens is 238 g/mol. The van der Waals surface area contributed by atoms with E-state index in [1.807, 2.05) is 12.1 Å². The highest BCUT2D eigenvalue weighted by atomic mass is 79.9. The fourth-order valence-electron chi connectivity index (χ4n) is 1.38.